The van der Waals surface area contributed by atoms with Gasteiger partial charge >= 0.3 is 0 Å². The predicted octanol–water partition coefficient (Wildman–Crippen LogP) is 1.73. The number of nitrogen functional groups attached to an aromatic ring is 1. The first-order valence-electron chi connectivity index (χ1n) is 6.84. The number of benzene rings is 1. The Labute approximate surface area is 117 Å². The van der Waals surface area contributed by atoms with Gasteiger partial charge < -0.3 is 11.1 Å². The lowest BCUT2D eigenvalue weighted by Crippen LogP contribution is -2.32. The van der Waals surface area contributed by atoms with Crippen LogP contribution in [0.2, 0.25) is 0 Å². The average Bonchev–Trinajstić information content (AvgIpc) is 3.21. The van der Waals surface area contributed by atoms with Gasteiger partial charge in [0.15, 0.2) is 0 Å². The highest BCUT2D eigenvalue weighted by atomic mass is 16.2. The van der Waals surface area contributed by atoms with Crippen molar-refractivity contribution in [1.29, 1.82) is 0 Å². The Kier molecular flexibility index (Phi) is 3.41. The standard InChI is InChI=1S/C15H18N4O/c16-13-8-17-19(9-13)10-14(20)18-15(12-6-7-12)11-4-2-1-3-5-11/h1-5,8-9,12,15H,6-7,10,16H2,(H,18,20). The van der Waals surface area contributed by atoms with E-state index in [4.69, 9.17) is 5.73 Å². The summed E-state index contributed by atoms with van der Waals surface area (Å²) in [6, 6.07) is 10.2. The second-order valence-electron chi connectivity index (χ2n) is 5.26. The molecule has 3 N–H and O–H groups in total. The number of amides is 1. The number of nitrogens with two attached hydrogens (primary N) is 1. The Morgan fingerprint density at radius 2 is 2.15 bits per heavy atom. The average molecular weight is 270 g/mol. The quantitative estimate of drug-likeness (QED) is 0.869. The minimum absolute atomic E-state index is 0.0335. The summed E-state index contributed by atoms with van der Waals surface area (Å²) >= 11 is 0. The lowest BCUT2D eigenvalue weighted by molar-refractivity contribution is -0.122. The van der Waals surface area contributed by atoms with Crippen molar-refractivity contribution in [2.24, 2.45) is 5.92 Å². The van der Waals surface area contributed by atoms with Crippen LogP contribution in [0.4, 0.5) is 5.69 Å². The minimum atomic E-state index is -0.0335. The van der Waals surface area contributed by atoms with Gasteiger partial charge in [0.1, 0.15) is 6.54 Å². The van der Waals surface area contributed by atoms with E-state index in [0.29, 0.717) is 11.6 Å². The normalized spacial score (nSPS) is 15.8. The minimum Gasteiger partial charge on any atom is -0.396 e. The van der Waals surface area contributed by atoms with Gasteiger partial charge in [0.25, 0.3) is 0 Å². The maximum atomic E-state index is 12.1. The van der Waals surface area contributed by atoms with Crippen LogP contribution < -0.4 is 11.1 Å². The summed E-state index contributed by atoms with van der Waals surface area (Å²) in [6.45, 7) is 0.202. The summed E-state index contributed by atoms with van der Waals surface area (Å²) in [4.78, 5) is 12.1. The first-order valence-corrected chi connectivity index (χ1v) is 6.84. The van der Waals surface area contributed by atoms with Crippen molar-refractivity contribution in [2.45, 2.75) is 25.4 Å². The van der Waals surface area contributed by atoms with Crippen molar-refractivity contribution < 1.29 is 4.79 Å². The van der Waals surface area contributed by atoms with Crippen molar-refractivity contribution >= 4 is 11.6 Å². The molecule has 5 heteroatoms. The fraction of sp³-hybridized carbons (Fsp3) is 0.333. The molecule has 0 bridgehead atoms. The number of carbonyl (C=O) groups excluding carboxylic acids is 1. The van der Waals surface area contributed by atoms with E-state index in [-0.39, 0.29) is 18.5 Å². The first kappa shape index (κ1) is 12.7. The van der Waals surface area contributed by atoms with Gasteiger partial charge in [-0.3, -0.25) is 9.48 Å². The fourth-order valence-electron chi connectivity index (χ4n) is 2.40. The highest BCUT2D eigenvalue weighted by Gasteiger charge is 2.33. The second kappa shape index (κ2) is 5.36. The van der Waals surface area contributed by atoms with Gasteiger partial charge in [0.2, 0.25) is 5.91 Å². The summed E-state index contributed by atoms with van der Waals surface area (Å²) in [7, 11) is 0. The van der Waals surface area contributed by atoms with Crippen LogP contribution in [0.3, 0.4) is 0 Å². The van der Waals surface area contributed by atoms with Gasteiger partial charge in [0, 0.05) is 6.20 Å². The maximum absolute atomic E-state index is 12.1. The van der Waals surface area contributed by atoms with Crippen LogP contribution in [0, 0.1) is 5.92 Å². The molecular weight excluding hydrogens is 252 g/mol. The molecule has 2 aromatic rings. The topological polar surface area (TPSA) is 72.9 Å². The third kappa shape index (κ3) is 2.99. The zero-order valence-electron chi connectivity index (χ0n) is 11.2. The number of aromatic nitrogens is 2. The molecular formula is C15H18N4O. The Hall–Kier alpha value is -2.30. The summed E-state index contributed by atoms with van der Waals surface area (Å²) in [6.07, 6.45) is 5.56. The van der Waals surface area contributed by atoms with E-state index in [0.717, 1.165) is 0 Å². The lowest BCUT2D eigenvalue weighted by Gasteiger charge is -2.18. The van der Waals surface area contributed by atoms with Crippen LogP contribution in [0.5, 0.6) is 0 Å². The zero-order valence-corrected chi connectivity index (χ0v) is 11.2. The van der Waals surface area contributed by atoms with E-state index < -0.39 is 0 Å². The molecule has 0 spiro atoms. The summed E-state index contributed by atoms with van der Waals surface area (Å²) in [5, 5.41) is 7.14. The van der Waals surface area contributed by atoms with E-state index in [9.17, 15) is 4.79 Å². The molecule has 1 aromatic carbocycles. The molecule has 0 saturated heterocycles. The number of nitrogens with zero attached hydrogens (tertiary/aromatic N) is 2. The Morgan fingerprint density at radius 1 is 1.40 bits per heavy atom. The zero-order chi connectivity index (χ0) is 13.9. The SMILES string of the molecule is Nc1cnn(CC(=O)NC(c2ccccc2)C2CC2)c1. The largest absolute Gasteiger partial charge is 0.396 e. The fourth-order valence-corrected chi connectivity index (χ4v) is 2.40. The molecule has 1 unspecified atom stereocenters. The van der Waals surface area contributed by atoms with Crippen molar-refractivity contribution in [1.82, 2.24) is 15.1 Å². The van der Waals surface area contributed by atoms with Gasteiger partial charge in [0.05, 0.1) is 17.9 Å². The lowest BCUT2D eigenvalue weighted by atomic mass is 10.0. The van der Waals surface area contributed by atoms with Gasteiger partial charge in [-0.15, -0.1) is 0 Å². The van der Waals surface area contributed by atoms with E-state index in [1.807, 2.05) is 18.2 Å². The third-order valence-electron chi connectivity index (χ3n) is 3.53. The van der Waals surface area contributed by atoms with Crippen LogP contribution >= 0.6 is 0 Å². The van der Waals surface area contributed by atoms with E-state index in [1.54, 1.807) is 17.1 Å². The number of nitrogens with one attached hydrogen (secondary N) is 1. The Morgan fingerprint density at radius 3 is 2.75 bits per heavy atom. The van der Waals surface area contributed by atoms with Gasteiger partial charge in [-0.1, -0.05) is 30.3 Å². The molecule has 1 heterocycles. The van der Waals surface area contributed by atoms with Crippen molar-refractivity contribution in [2.75, 3.05) is 5.73 Å². The molecule has 1 amide bonds. The molecule has 0 aliphatic heterocycles. The van der Waals surface area contributed by atoms with Crippen LogP contribution in [0.25, 0.3) is 0 Å². The molecule has 1 fully saturated rings. The molecule has 1 saturated carbocycles. The molecule has 1 aliphatic rings. The molecule has 104 valence electrons. The number of anilines is 1. The molecule has 1 atom stereocenters. The van der Waals surface area contributed by atoms with Crippen molar-refractivity contribution in [3.05, 3.63) is 48.3 Å². The van der Waals surface area contributed by atoms with Crippen molar-refractivity contribution in [3.8, 4) is 0 Å². The predicted molar refractivity (Wildman–Crippen MR) is 76.7 cm³/mol. The Bertz CT molecular complexity index is 589. The number of hydrogen-bond acceptors (Lipinski definition) is 3. The highest BCUT2D eigenvalue weighted by Crippen LogP contribution is 2.40. The first-order chi connectivity index (χ1) is 9.72. The summed E-state index contributed by atoms with van der Waals surface area (Å²) < 4.78 is 1.56. The molecule has 3 rings (SSSR count). The van der Waals surface area contributed by atoms with Gasteiger partial charge in [-0.2, -0.15) is 5.10 Å². The molecule has 1 aliphatic carbocycles. The molecule has 20 heavy (non-hydrogen) atoms. The second-order valence-corrected chi connectivity index (χ2v) is 5.26. The van der Waals surface area contributed by atoms with Crippen LogP contribution in [0.1, 0.15) is 24.4 Å². The van der Waals surface area contributed by atoms with Crippen LogP contribution in [0.15, 0.2) is 42.7 Å². The number of rotatable bonds is 5. The van der Waals surface area contributed by atoms with Crippen molar-refractivity contribution in [3.63, 3.8) is 0 Å². The number of hydrogen-bond donors (Lipinski definition) is 2. The van der Waals surface area contributed by atoms with Crippen LogP contribution in [-0.4, -0.2) is 15.7 Å². The molecule has 1 aromatic heterocycles. The van der Waals surface area contributed by atoms with E-state index >= 15 is 0 Å². The van der Waals surface area contributed by atoms with E-state index in [2.05, 4.69) is 22.5 Å². The highest BCUT2D eigenvalue weighted by molar-refractivity contribution is 5.76. The monoisotopic (exact) mass is 270 g/mol. The maximum Gasteiger partial charge on any atom is 0.242 e. The smallest absolute Gasteiger partial charge is 0.242 e. The summed E-state index contributed by atoms with van der Waals surface area (Å²) in [5.74, 6) is 0.526. The van der Waals surface area contributed by atoms with Gasteiger partial charge in [-0.05, 0) is 24.3 Å². The summed E-state index contributed by atoms with van der Waals surface area (Å²) in [5.41, 5.74) is 7.33. The van der Waals surface area contributed by atoms with Gasteiger partial charge in [-0.25, -0.2) is 0 Å². The third-order valence-corrected chi connectivity index (χ3v) is 3.53. The van der Waals surface area contributed by atoms with Crippen LogP contribution in [-0.2, 0) is 11.3 Å². The Balaban J connectivity index is 1.66. The van der Waals surface area contributed by atoms with E-state index in [1.165, 1.54) is 18.4 Å². The molecule has 5 nitrogen and oxygen atoms in total. The number of carbonyl (C=O) groups is 1. The molecule has 0 radical (unpaired) electrons.